The number of primary amides is 1. The van der Waals surface area contributed by atoms with Gasteiger partial charge < -0.3 is 16.4 Å². The number of carbonyl (C=O) groups is 1. The van der Waals surface area contributed by atoms with Gasteiger partial charge in [0, 0.05) is 11.7 Å². The standard InChI is InChI=1S/C14H16N6O4S/c15-11(21)10-12(17-7-1-2-7)19-14(20-13(10)22)18-8-3-5-9(6-4-8)25(16,23)24/h3-7H,1-2H2,(H2,15,21)(H2,16,23,24)(H3,17,18,19,20,22). The summed E-state index contributed by atoms with van der Waals surface area (Å²) < 4.78 is 22.5. The maximum Gasteiger partial charge on any atom is 0.267 e. The number of benzene rings is 1. The van der Waals surface area contributed by atoms with Crippen LogP contribution in [-0.4, -0.2) is 30.3 Å². The van der Waals surface area contributed by atoms with E-state index < -0.39 is 21.5 Å². The minimum absolute atomic E-state index is 0.0420. The van der Waals surface area contributed by atoms with Gasteiger partial charge in [-0.1, -0.05) is 0 Å². The molecule has 1 fully saturated rings. The molecule has 1 aliphatic carbocycles. The number of nitrogens with zero attached hydrogens (tertiary/aromatic N) is 1. The zero-order valence-corrected chi connectivity index (χ0v) is 13.8. The molecule has 0 aliphatic heterocycles. The van der Waals surface area contributed by atoms with Gasteiger partial charge >= 0.3 is 0 Å². The Morgan fingerprint density at radius 1 is 1.24 bits per heavy atom. The Bertz CT molecular complexity index is 979. The molecule has 0 spiro atoms. The van der Waals surface area contributed by atoms with E-state index in [2.05, 4.69) is 20.6 Å². The minimum atomic E-state index is -3.79. The summed E-state index contributed by atoms with van der Waals surface area (Å²) in [4.78, 5) is 30.1. The molecule has 0 bridgehead atoms. The van der Waals surface area contributed by atoms with Crippen molar-refractivity contribution in [1.29, 1.82) is 0 Å². The number of H-pyrrole nitrogens is 1. The summed E-state index contributed by atoms with van der Waals surface area (Å²) >= 11 is 0. The van der Waals surface area contributed by atoms with Crippen molar-refractivity contribution in [2.24, 2.45) is 10.9 Å². The molecule has 1 aromatic carbocycles. The molecule has 3 rings (SSSR count). The van der Waals surface area contributed by atoms with Crippen LogP contribution in [0.1, 0.15) is 23.2 Å². The van der Waals surface area contributed by atoms with E-state index in [0.717, 1.165) is 12.8 Å². The lowest BCUT2D eigenvalue weighted by Crippen LogP contribution is -2.28. The first-order valence-corrected chi connectivity index (χ1v) is 8.89. The summed E-state index contributed by atoms with van der Waals surface area (Å²) in [6, 6.07) is 5.73. The van der Waals surface area contributed by atoms with Crippen LogP contribution < -0.4 is 27.1 Å². The summed E-state index contributed by atoms with van der Waals surface area (Å²) in [5.74, 6) is -0.676. The lowest BCUT2D eigenvalue weighted by Gasteiger charge is -2.11. The summed E-state index contributed by atoms with van der Waals surface area (Å²) in [6.07, 6.45) is 1.84. The molecule has 0 radical (unpaired) electrons. The summed E-state index contributed by atoms with van der Waals surface area (Å²) in [6.45, 7) is 0. The molecular formula is C14H16N6O4S. The second kappa shape index (κ2) is 6.18. The van der Waals surface area contributed by atoms with E-state index in [1.165, 1.54) is 24.3 Å². The third-order valence-electron chi connectivity index (χ3n) is 3.53. The van der Waals surface area contributed by atoms with Crippen LogP contribution in [0.3, 0.4) is 0 Å². The molecule has 1 aliphatic rings. The lowest BCUT2D eigenvalue weighted by molar-refractivity contribution is 0.0999. The fraction of sp³-hybridized carbons (Fsp3) is 0.214. The average Bonchev–Trinajstić information content (AvgIpc) is 3.30. The number of nitrogens with one attached hydrogen (secondary N) is 3. The number of anilines is 3. The van der Waals surface area contributed by atoms with Crippen LogP contribution in [0.4, 0.5) is 17.5 Å². The van der Waals surface area contributed by atoms with Crippen LogP contribution in [0, 0.1) is 0 Å². The normalized spacial score (nSPS) is 14.1. The molecule has 1 amide bonds. The molecule has 2 aromatic rings. The van der Waals surface area contributed by atoms with Crippen molar-refractivity contribution < 1.29 is 13.2 Å². The van der Waals surface area contributed by atoms with Gasteiger partial charge in [0.05, 0.1) is 4.90 Å². The largest absolute Gasteiger partial charge is 0.366 e. The number of aromatic nitrogens is 2. The number of sulfonamides is 1. The number of nitrogens with two attached hydrogens (primary N) is 2. The van der Waals surface area contributed by atoms with Crippen molar-refractivity contribution >= 4 is 33.4 Å². The summed E-state index contributed by atoms with van der Waals surface area (Å²) in [5, 5.41) is 10.9. The van der Waals surface area contributed by atoms with Gasteiger partial charge in [-0.05, 0) is 37.1 Å². The Morgan fingerprint density at radius 2 is 1.88 bits per heavy atom. The van der Waals surface area contributed by atoms with E-state index in [-0.39, 0.29) is 28.3 Å². The van der Waals surface area contributed by atoms with E-state index in [1.54, 1.807) is 0 Å². The Kier molecular flexibility index (Phi) is 4.18. The first-order valence-electron chi connectivity index (χ1n) is 7.34. The molecule has 132 valence electrons. The maximum absolute atomic E-state index is 12.1. The number of aromatic amines is 1. The predicted molar refractivity (Wildman–Crippen MR) is 91.1 cm³/mol. The van der Waals surface area contributed by atoms with Crippen molar-refractivity contribution in [3.63, 3.8) is 0 Å². The van der Waals surface area contributed by atoms with Crippen molar-refractivity contribution in [2.75, 3.05) is 10.6 Å². The molecule has 10 nitrogen and oxygen atoms in total. The van der Waals surface area contributed by atoms with E-state index in [1.807, 2.05) is 0 Å². The van der Waals surface area contributed by atoms with Crippen LogP contribution in [0.15, 0.2) is 34.0 Å². The predicted octanol–water partition coefficient (Wildman–Crippen LogP) is -0.166. The zero-order chi connectivity index (χ0) is 18.2. The van der Waals surface area contributed by atoms with Crippen molar-refractivity contribution in [1.82, 2.24) is 9.97 Å². The van der Waals surface area contributed by atoms with Gasteiger partial charge in [0.1, 0.15) is 11.4 Å². The highest BCUT2D eigenvalue weighted by atomic mass is 32.2. The van der Waals surface area contributed by atoms with Gasteiger partial charge in [0.15, 0.2) is 0 Å². The van der Waals surface area contributed by atoms with Gasteiger partial charge in [-0.25, -0.2) is 13.6 Å². The smallest absolute Gasteiger partial charge is 0.267 e. The Balaban J connectivity index is 1.90. The quantitative estimate of drug-likeness (QED) is 0.473. The molecule has 1 saturated carbocycles. The number of hydrogen-bond donors (Lipinski definition) is 5. The van der Waals surface area contributed by atoms with Crippen LogP contribution in [0.2, 0.25) is 0 Å². The van der Waals surface area contributed by atoms with E-state index in [9.17, 15) is 18.0 Å². The first kappa shape index (κ1) is 16.9. The van der Waals surface area contributed by atoms with Gasteiger partial charge in [-0.3, -0.25) is 14.6 Å². The van der Waals surface area contributed by atoms with Gasteiger partial charge in [0.25, 0.3) is 11.5 Å². The van der Waals surface area contributed by atoms with Gasteiger partial charge in [-0.15, -0.1) is 0 Å². The van der Waals surface area contributed by atoms with Crippen LogP contribution in [0.25, 0.3) is 0 Å². The number of amides is 1. The highest BCUT2D eigenvalue weighted by Gasteiger charge is 2.25. The van der Waals surface area contributed by atoms with E-state index in [4.69, 9.17) is 10.9 Å². The summed E-state index contributed by atoms with van der Waals surface area (Å²) in [7, 11) is -3.79. The fourth-order valence-corrected chi connectivity index (χ4v) is 2.67. The van der Waals surface area contributed by atoms with Crippen LogP contribution in [0.5, 0.6) is 0 Å². The summed E-state index contributed by atoms with van der Waals surface area (Å²) in [5.41, 5.74) is 4.81. The third-order valence-corrected chi connectivity index (χ3v) is 4.46. The molecular weight excluding hydrogens is 348 g/mol. The van der Waals surface area contributed by atoms with Crippen molar-refractivity contribution in [3.05, 3.63) is 40.2 Å². The topological polar surface area (TPSA) is 173 Å². The first-order chi connectivity index (χ1) is 11.7. The van der Waals surface area contributed by atoms with Gasteiger partial charge in [0.2, 0.25) is 16.0 Å². The SMILES string of the molecule is NC(=O)c1c(NC2CC2)nc(Nc2ccc(S(N)(=O)=O)cc2)[nH]c1=O. The van der Waals surface area contributed by atoms with Crippen LogP contribution in [-0.2, 0) is 10.0 Å². The number of primary sulfonamides is 1. The highest BCUT2D eigenvalue weighted by molar-refractivity contribution is 7.89. The molecule has 7 N–H and O–H groups in total. The van der Waals surface area contributed by atoms with Crippen molar-refractivity contribution in [3.8, 4) is 0 Å². The van der Waals surface area contributed by atoms with E-state index in [0.29, 0.717) is 5.69 Å². The second-order valence-electron chi connectivity index (χ2n) is 5.62. The molecule has 1 heterocycles. The fourth-order valence-electron chi connectivity index (χ4n) is 2.15. The highest BCUT2D eigenvalue weighted by Crippen LogP contribution is 2.25. The van der Waals surface area contributed by atoms with Gasteiger partial charge in [-0.2, -0.15) is 4.98 Å². The molecule has 11 heteroatoms. The molecule has 0 atom stereocenters. The van der Waals surface area contributed by atoms with Crippen molar-refractivity contribution in [2.45, 2.75) is 23.8 Å². The molecule has 25 heavy (non-hydrogen) atoms. The third kappa shape index (κ3) is 3.95. The van der Waals surface area contributed by atoms with E-state index >= 15 is 0 Å². The number of carbonyl (C=O) groups excluding carboxylic acids is 1. The molecule has 1 aromatic heterocycles. The monoisotopic (exact) mass is 364 g/mol. The minimum Gasteiger partial charge on any atom is -0.366 e. The Labute approximate surface area is 142 Å². The number of rotatable bonds is 6. The number of hydrogen-bond acceptors (Lipinski definition) is 7. The molecule has 0 unspecified atom stereocenters. The second-order valence-corrected chi connectivity index (χ2v) is 7.18. The zero-order valence-electron chi connectivity index (χ0n) is 12.9. The Hall–Kier alpha value is -2.92. The van der Waals surface area contributed by atoms with Crippen LogP contribution >= 0.6 is 0 Å². The lowest BCUT2D eigenvalue weighted by atomic mass is 10.3. The Morgan fingerprint density at radius 3 is 2.40 bits per heavy atom. The maximum atomic E-state index is 12.1. The average molecular weight is 364 g/mol. The molecule has 0 saturated heterocycles.